The second-order valence-corrected chi connectivity index (χ2v) is 5.92. The van der Waals surface area contributed by atoms with E-state index in [1.807, 2.05) is 0 Å². The van der Waals surface area contributed by atoms with Crippen molar-refractivity contribution in [3.8, 4) is 0 Å². The lowest BCUT2D eigenvalue weighted by Gasteiger charge is -2.31. The van der Waals surface area contributed by atoms with E-state index >= 15 is 0 Å². The van der Waals surface area contributed by atoms with Gasteiger partial charge in [0.1, 0.15) is 0 Å². The van der Waals surface area contributed by atoms with Crippen molar-refractivity contribution in [2.45, 2.75) is 23.9 Å². The zero-order valence-electron chi connectivity index (χ0n) is 9.68. The number of benzene rings is 1. The molecule has 0 aromatic heterocycles. The maximum absolute atomic E-state index is 11.1. The Hall–Kier alpha value is -0.950. The van der Waals surface area contributed by atoms with Crippen molar-refractivity contribution in [3.63, 3.8) is 0 Å². The van der Waals surface area contributed by atoms with E-state index in [-0.39, 0.29) is 10.9 Å². The summed E-state index contributed by atoms with van der Waals surface area (Å²) in [7, 11) is -3.59. The maximum Gasteiger partial charge on any atom is 0.238 e. The Morgan fingerprint density at radius 3 is 2.35 bits per heavy atom. The van der Waals surface area contributed by atoms with E-state index in [1.54, 1.807) is 24.3 Å². The number of hydrogen-bond acceptors (Lipinski definition) is 4. The van der Waals surface area contributed by atoms with Gasteiger partial charge in [0.25, 0.3) is 0 Å². The topological polar surface area (TPSA) is 84.2 Å². The molecule has 17 heavy (non-hydrogen) atoms. The van der Waals surface area contributed by atoms with Gasteiger partial charge in [0.15, 0.2) is 0 Å². The number of rotatable bonds is 4. The Labute approximate surface area is 101 Å². The fraction of sp³-hybridized carbons (Fsp3) is 0.455. The molecule has 0 amide bonds. The number of sulfonamides is 1. The summed E-state index contributed by atoms with van der Waals surface area (Å²) in [4.78, 5) is 0.152. The maximum atomic E-state index is 11.1. The first-order chi connectivity index (χ1) is 7.97. The molecule has 0 radical (unpaired) electrons. The van der Waals surface area contributed by atoms with Gasteiger partial charge in [-0.3, -0.25) is 0 Å². The Morgan fingerprint density at radius 2 is 1.94 bits per heavy atom. The Bertz CT molecular complexity index is 480. The summed E-state index contributed by atoms with van der Waals surface area (Å²) < 4.78 is 22.2. The molecule has 1 aromatic carbocycles. The van der Waals surface area contributed by atoms with Gasteiger partial charge in [-0.1, -0.05) is 12.1 Å². The van der Waals surface area contributed by atoms with Crippen LogP contribution in [-0.4, -0.2) is 27.5 Å². The van der Waals surface area contributed by atoms with E-state index in [9.17, 15) is 8.42 Å². The first-order valence-corrected chi connectivity index (χ1v) is 7.11. The smallest absolute Gasteiger partial charge is 0.238 e. The first kappa shape index (κ1) is 12.5. The molecular formula is C11H17N3O2S. The molecule has 1 aliphatic rings. The largest absolute Gasteiger partial charge is 0.314 e. The molecule has 4 N–H and O–H groups in total. The summed E-state index contributed by atoms with van der Waals surface area (Å²) in [6.07, 6.45) is 0. The van der Waals surface area contributed by atoms with Crippen LogP contribution in [0.15, 0.2) is 29.2 Å². The van der Waals surface area contributed by atoms with Crippen molar-refractivity contribution < 1.29 is 8.42 Å². The van der Waals surface area contributed by atoms with Crippen LogP contribution in [0.5, 0.6) is 0 Å². The number of primary sulfonamides is 1. The molecule has 0 bridgehead atoms. The standard InChI is InChI=1S/C11H17N3O2S/c1-8(14-10-6-13-7-10)9-2-4-11(5-3-9)17(12,15)16/h2-5,8,10,13-14H,6-7H2,1H3,(H2,12,15,16). The van der Waals surface area contributed by atoms with E-state index in [4.69, 9.17) is 5.14 Å². The molecule has 1 saturated heterocycles. The van der Waals surface area contributed by atoms with Crippen LogP contribution >= 0.6 is 0 Å². The van der Waals surface area contributed by atoms with Crippen LogP contribution in [0.4, 0.5) is 0 Å². The summed E-state index contributed by atoms with van der Waals surface area (Å²) in [5.74, 6) is 0. The summed E-state index contributed by atoms with van der Waals surface area (Å²) in [6, 6.07) is 7.39. The average molecular weight is 255 g/mol. The highest BCUT2D eigenvalue weighted by Crippen LogP contribution is 2.16. The molecule has 6 heteroatoms. The van der Waals surface area contributed by atoms with Crippen molar-refractivity contribution in [1.82, 2.24) is 10.6 Å². The third kappa shape index (κ3) is 3.04. The van der Waals surface area contributed by atoms with Crippen LogP contribution in [-0.2, 0) is 10.0 Å². The van der Waals surface area contributed by atoms with Gasteiger partial charge in [-0.2, -0.15) is 0 Å². The van der Waals surface area contributed by atoms with Crippen molar-refractivity contribution >= 4 is 10.0 Å². The molecular weight excluding hydrogens is 238 g/mol. The molecule has 0 aliphatic carbocycles. The molecule has 2 rings (SSSR count). The first-order valence-electron chi connectivity index (χ1n) is 5.56. The van der Waals surface area contributed by atoms with Gasteiger partial charge < -0.3 is 10.6 Å². The Balaban J connectivity index is 2.06. The Morgan fingerprint density at radius 1 is 1.35 bits per heavy atom. The molecule has 5 nitrogen and oxygen atoms in total. The molecule has 94 valence electrons. The highest BCUT2D eigenvalue weighted by atomic mass is 32.2. The van der Waals surface area contributed by atoms with Gasteiger partial charge in [-0.15, -0.1) is 0 Å². The van der Waals surface area contributed by atoms with Gasteiger partial charge in [0, 0.05) is 25.2 Å². The predicted molar refractivity (Wildman–Crippen MR) is 66.0 cm³/mol. The lowest BCUT2D eigenvalue weighted by atomic mass is 10.1. The molecule has 0 saturated carbocycles. The Kier molecular flexibility index (Phi) is 3.48. The lowest BCUT2D eigenvalue weighted by Crippen LogP contribution is -2.55. The predicted octanol–water partition coefficient (Wildman–Crippen LogP) is -0.0436. The quantitative estimate of drug-likeness (QED) is 0.704. The van der Waals surface area contributed by atoms with Gasteiger partial charge in [0.05, 0.1) is 4.90 Å². The van der Waals surface area contributed by atoms with Crippen molar-refractivity contribution in [1.29, 1.82) is 0 Å². The van der Waals surface area contributed by atoms with E-state index in [2.05, 4.69) is 17.6 Å². The minimum absolute atomic E-state index is 0.152. The second-order valence-electron chi connectivity index (χ2n) is 4.36. The van der Waals surface area contributed by atoms with E-state index < -0.39 is 10.0 Å². The summed E-state index contributed by atoms with van der Waals surface area (Å²) >= 11 is 0. The number of nitrogens with two attached hydrogens (primary N) is 1. The van der Waals surface area contributed by atoms with E-state index in [0.29, 0.717) is 6.04 Å². The van der Waals surface area contributed by atoms with Crippen LogP contribution in [0.2, 0.25) is 0 Å². The van der Waals surface area contributed by atoms with Crippen molar-refractivity contribution in [3.05, 3.63) is 29.8 Å². The molecule has 1 unspecified atom stereocenters. The third-order valence-corrected chi connectivity index (χ3v) is 3.91. The molecule has 1 aliphatic heterocycles. The van der Waals surface area contributed by atoms with Crippen molar-refractivity contribution in [2.24, 2.45) is 5.14 Å². The molecule has 1 heterocycles. The van der Waals surface area contributed by atoms with Gasteiger partial charge in [-0.25, -0.2) is 13.6 Å². The van der Waals surface area contributed by atoms with E-state index in [1.165, 1.54) is 0 Å². The SMILES string of the molecule is CC(NC1CNC1)c1ccc(S(N)(=O)=O)cc1. The fourth-order valence-corrected chi connectivity index (χ4v) is 2.32. The normalized spacial score (nSPS) is 18.7. The highest BCUT2D eigenvalue weighted by molar-refractivity contribution is 7.89. The monoisotopic (exact) mass is 255 g/mol. The molecule has 1 atom stereocenters. The number of hydrogen-bond donors (Lipinski definition) is 3. The van der Waals surface area contributed by atoms with Gasteiger partial charge in [-0.05, 0) is 24.6 Å². The summed E-state index contributed by atoms with van der Waals surface area (Å²) in [5.41, 5.74) is 1.06. The fourth-order valence-electron chi connectivity index (χ4n) is 1.80. The zero-order chi connectivity index (χ0) is 12.5. The molecule has 1 fully saturated rings. The van der Waals surface area contributed by atoms with Crippen LogP contribution in [0.3, 0.4) is 0 Å². The van der Waals surface area contributed by atoms with Crippen LogP contribution < -0.4 is 15.8 Å². The third-order valence-electron chi connectivity index (χ3n) is 2.98. The number of nitrogens with one attached hydrogen (secondary N) is 2. The van der Waals surface area contributed by atoms with Crippen LogP contribution in [0.25, 0.3) is 0 Å². The average Bonchev–Trinajstić information content (AvgIpc) is 2.22. The highest BCUT2D eigenvalue weighted by Gasteiger charge is 2.19. The lowest BCUT2D eigenvalue weighted by molar-refractivity contribution is 0.338. The van der Waals surface area contributed by atoms with Crippen LogP contribution in [0.1, 0.15) is 18.5 Å². The van der Waals surface area contributed by atoms with Crippen molar-refractivity contribution in [2.75, 3.05) is 13.1 Å². The van der Waals surface area contributed by atoms with Gasteiger partial charge in [0.2, 0.25) is 10.0 Å². The zero-order valence-corrected chi connectivity index (χ0v) is 10.5. The van der Waals surface area contributed by atoms with E-state index in [0.717, 1.165) is 18.7 Å². The second kappa shape index (κ2) is 4.73. The minimum Gasteiger partial charge on any atom is -0.314 e. The minimum atomic E-state index is -3.59. The van der Waals surface area contributed by atoms with Crippen LogP contribution in [0, 0.1) is 0 Å². The molecule has 1 aromatic rings. The van der Waals surface area contributed by atoms with Gasteiger partial charge >= 0.3 is 0 Å². The summed E-state index contributed by atoms with van der Waals surface area (Å²) in [5, 5.41) is 11.7. The summed E-state index contributed by atoms with van der Waals surface area (Å²) in [6.45, 7) is 4.03. The molecule has 0 spiro atoms.